The molecule has 1 aromatic carbocycles. The molecule has 0 spiro atoms. The van der Waals surface area contributed by atoms with Crippen molar-refractivity contribution in [3.05, 3.63) is 35.9 Å². The molecular weight excluding hydrogens is 270 g/mol. The standard InChI is InChI=1S/C15H23N3O3/c1-10(2)8-12(16)14(19)18(17)13(15(20)21)9-11-6-4-3-5-7-11/h3-7,10,12-13H,8-9,16-17H2,1-2H3,(H,20,21). The summed E-state index contributed by atoms with van der Waals surface area (Å²) in [6, 6.07) is 7.13. The predicted octanol–water partition coefficient (Wildman–Crippen LogP) is 0.758. The molecule has 0 radical (unpaired) electrons. The van der Waals surface area contributed by atoms with Gasteiger partial charge in [0, 0.05) is 6.42 Å². The van der Waals surface area contributed by atoms with Gasteiger partial charge in [-0.1, -0.05) is 44.2 Å². The zero-order chi connectivity index (χ0) is 16.0. The van der Waals surface area contributed by atoms with E-state index in [0.29, 0.717) is 6.42 Å². The average molecular weight is 293 g/mol. The quantitative estimate of drug-likeness (QED) is 0.390. The van der Waals surface area contributed by atoms with E-state index in [1.165, 1.54) is 0 Å². The van der Waals surface area contributed by atoms with Crippen LogP contribution in [0.3, 0.4) is 0 Å². The molecule has 2 unspecified atom stereocenters. The number of nitrogens with zero attached hydrogens (tertiary/aromatic N) is 1. The number of rotatable bonds is 7. The van der Waals surface area contributed by atoms with Gasteiger partial charge in [-0.3, -0.25) is 9.80 Å². The molecule has 21 heavy (non-hydrogen) atoms. The Morgan fingerprint density at radius 3 is 2.29 bits per heavy atom. The van der Waals surface area contributed by atoms with Crippen molar-refractivity contribution < 1.29 is 14.7 Å². The zero-order valence-electron chi connectivity index (χ0n) is 12.4. The van der Waals surface area contributed by atoms with Gasteiger partial charge in [-0.15, -0.1) is 0 Å². The van der Waals surface area contributed by atoms with Gasteiger partial charge in [-0.25, -0.2) is 10.6 Å². The lowest BCUT2D eigenvalue weighted by Crippen LogP contribution is -2.56. The Morgan fingerprint density at radius 1 is 1.24 bits per heavy atom. The second-order valence-electron chi connectivity index (χ2n) is 5.53. The molecule has 0 bridgehead atoms. The molecule has 1 rings (SSSR count). The lowest BCUT2D eigenvalue weighted by atomic mass is 10.0. The highest BCUT2D eigenvalue weighted by Crippen LogP contribution is 2.10. The van der Waals surface area contributed by atoms with Gasteiger partial charge in [0.15, 0.2) is 0 Å². The van der Waals surface area contributed by atoms with Crippen molar-refractivity contribution >= 4 is 11.9 Å². The molecule has 0 fully saturated rings. The van der Waals surface area contributed by atoms with Crippen molar-refractivity contribution in [2.24, 2.45) is 17.5 Å². The maximum absolute atomic E-state index is 12.1. The minimum atomic E-state index is -1.15. The van der Waals surface area contributed by atoms with Gasteiger partial charge < -0.3 is 10.8 Å². The Bertz CT molecular complexity index is 476. The van der Waals surface area contributed by atoms with E-state index >= 15 is 0 Å². The van der Waals surface area contributed by atoms with Crippen molar-refractivity contribution in [2.45, 2.75) is 38.8 Å². The van der Waals surface area contributed by atoms with Crippen molar-refractivity contribution in [3.63, 3.8) is 0 Å². The number of carboxylic acid groups (broad SMARTS) is 1. The lowest BCUT2D eigenvalue weighted by Gasteiger charge is -2.27. The molecule has 1 amide bonds. The molecule has 0 aliphatic rings. The first-order valence-electron chi connectivity index (χ1n) is 6.93. The normalized spacial score (nSPS) is 13.8. The largest absolute Gasteiger partial charge is 0.480 e. The summed E-state index contributed by atoms with van der Waals surface area (Å²) in [6.45, 7) is 3.87. The van der Waals surface area contributed by atoms with Crippen LogP contribution in [0.1, 0.15) is 25.8 Å². The molecule has 2 atom stereocenters. The van der Waals surface area contributed by atoms with E-state index in [4.69, 9.17) is 11.6 Å². The summed E-state index contributed by atoms with van der Waals surface area (Å²) in [6.07, 6.45) is 0.608. The summed E-state index contributed by atoms with van der Waals surface area (Å²) in [5, 5.41) is 10.1. The maximum atomic E-state index is 12.1. The highest BCUT2D eigenvalue weighted by molar-refractivity contribution is 5.86. The second-order valence-corrected chi connectivity index (χ2v) is 5.53. The number of carboxylic acids is 1. The maximum Gasteiger partial charge on any atom is 0.328 e. The van der Waals surface area contributed by atoms with E-state index in [2.05, 4.69) is 0 Å². The topological polar surface area (TPSA) is 110 Å². The zero-order valence-corrected chi connectivity index (χ0v) is 12.4. The summed E-state index contributed by atoms with van der Waals surface area (Å²) < 4.78 is 0. The number of benzene rings is 1. The summed E-state index contributed by atoms with van der Waals surface area (Å²) in [4.78, 5) is 23.5. The van der Waals surface area contributed by atoms with Crippen LogP contribution in [0.25, 0.3) is 0 Å². The second kappa shape index (κ2) is 7.75. The highest BCUT2D eigenvalue weighted by atomic mass is 16.4. The molecular formula is C15H23N3O3. The molecule has 5 N–H and O–H groups in total. The monoisotopic (exact) mass is 293 g/mol. The van der Waals surface area contributed by atoms with Crippen molar-refractivity contribution in [2.75, 3.05) is 0 Å². The number of nitrogens with two attached hydrogens (primary N) is 2. The van der Waals surface area contributed by atoms with E-state index in [-0.39, 0.29) is 12.3 Å². The fourth-order valence-electron chi connectivity index (χ4n) is 2.10. The van der Waals surface area contributed by atoms with Crippen LogP contribution in [-0.2, 0) is 16.0 Å². The lowest BCUT2D eigenvalue weighted by molar-refractivity contribution is -0.151. The van der Waals surface area contributed by atoms with E-state index in [9.17, 15) is 14.7 Å². The van der Waals surface area contributed by atoms with Crippen LogP contribution in [0.2, 0.25) is 0 Å². The third kappa shape index (κ3) is 5.17. The smallest absolute Gasteiger partial charge is 0.328 e. The Morgan fingerprint density at radius 2 is 1.81 bits per heavy atom. The van der Waals surface area contributed by atoms with Gasteiger partial charge in [0.1, 0.15) is 6.04 Å². The van der Waals surface area contributed by atoms with Gasteiger partial charge in [-0.05, 0) is 17.9 Å². The summed E-state index contributed by atoms with van der Waals surface area (Å²) >= 11 is 0. The number of amides is 1. The molecule has 1 aromatic rings. The first kappa shape index (κ1) is 17.1. The van der Waals surface area contributed by atoms with Gasteiger partial charge >= 0.3 is 5.97 Å². The number of hydrazine groups is 1. The Labute approximate surface area is 124 Å². The third-order valence-electron chi connectivity index (χ3n) is 3.19. The van der Waals surface area contributed by atoms with Crippen LogP contribution in [-0.4, -0.2) is 34.1 Å². The summed E-state index contributed by atoms with van der Waals surface area (Å²) in [5.74, 6) is 4.25. The summed E-state index contributed by atoms with van der Waals surface area (Å²) in [7, 11) is 0. The number of carbonyl (C=O) groups is 2. The van der Waals surface area contributed by atoms with Crippen LogP contribution in [0.4, 0.5) is 0 Å². The molecule has 6 heteroatoms. The van der Waals surface area contributed by atoms with Crippen molar-refractivity contribution in [1.82, 2.24) is 5.01 Å². The molecule has 0 aliphatic heterocycles. The van der Waals surface area contributed by atoms with Gasteiger partial charge in [-0.2, -0.15) is 0 Å². The van der Waals surface area contributed by atoms with E-state index < -0.39 is 24.0 Å². The fourth-order valence-corrected chi connectivity index (χ4v) is 2.10. The average Bonchev–Trinajstić information content (AvgIpc) is 2.43. The Balaban J connectivity index is 2.80. The third-order valence-corrected chi connectivity index (χ3v) is 3.19. The first-order valence-corrected chi connectivity index (χ1v) is 6.93. The number of hydrogen-bond donors (Lipinski definition) is 3. The number of carbonyl (C=O) groups excluding carboxylic acids is 1. The molecule has 116 valence electrons. The van der Waals surface area contributed by atoms with Gasteiger partial charge in [0.2, 0.25) is 0 Å². The number of hydrogen-bond acceptors (Lipinski definition) is 4. The molecule has 0 saturated carbocycles. The fraction of sp³-hybridized carbons (Fsp3) is 0.467. The SMILES string of the molecule is CC(C)CC(N)C(=O)N(N)C(Cc1ccccc1)C(=O)O. The number of aliphatic carboxylic acids is 1. The van der Waals surface area contributed by atoms with Crippen LogP contribution in [0, 0.1) is 5.92 Å². The summed E-state index contributed by atoms with van der Waals surface area (Å²) in [5.41, 5.74) is 6.58. The van der Waals surface area contributed by atoms with Gasteiger partial charge in [0.05, 0.1) is 6.04 Å². The minimum Gasteiger partial charge on any atom is -0.480 e. The van der Waals surface area contributed by atoms with Crippen molar-refractivity contribution in [1.29, 1.82) is 0 Å². The molecule has 0 aromatic heterocycles. The van der Waals surface area contributed by atoms with Crippen molar-refractivity contribution in [3.8, 4) is 0 Å². The molecule has 6 nitrogen and oxygen atoms in total. The highest BCUT2D eigenvalue weighted by Gasteiger charge is 2.30. The molecule has 0 aliphatic carbocycles. The van der Waals surface area contributed by atoms with E-state index in [0.717, 1.165) is 10.6 Å². The van der Waals surface area contributed by atoms with Crippen LogP contribution in [0.15, 0.2) is 30.3 Å². The molecule has 0 saturated heterocycles. The van der Waals surface area contributed by atoms with Gasteiger partial charge in [0.25, 0.3) is 5.91 Å². The first-order chi connectivity index (χ1) is 9.82. The van der Waals surface area contributed by atoms with Crippen LogP contribution in [0.5, 0.6) is 0 Å². The van der Waals surface area contributed by atoms with Crippen LogP contribution < -0.4 is 11.6 Å². The Hall–Kier alpha value is -1.92. The van der Waals surface area contributed by atoms with Crippen LogP contribution >= 0.6 is 0 Å². The Kier molecular flexibility index (Phi) is 6.33. The predicted molar refractivity (Wildman–Crippen MR) is 80.0 cm³/mol. The molecule has 0 heterocycles. The van der Waals surface area contributed by atoms with E-state index in [1.807, 2.05) is 19.9 Å². The minimum absolute atomic E-state index is 0.146. The van der Waals surface area contributed by atoms with E-state index in [1.54, 1.807) is 24.3 Å².